The molecule has 0 aliphatic carbocycles. The van der Waals surface area contributed by atoms with E-state index in [9.17, 15) is 9.59 Å². The van der Waals surface area contributed by atoms with Crippen LogP contribution >= 0.6 is 0 Å². The highest BCUT2D eigenvalue weighted by Gasteiger charge is 2.30. The first kappa shape index (κ1) is 29.7. The number of esters is 2. The van der Waals surface area contributed by atoms with Crippen LogP contribution < -0.4 is 5.32 Å². The normalized spacial score (nSPS) is 11.4. The molecular weight excluding hydrogens is 414 g/mol. The van der Waals surface area contributed by atoms with Crippen molar-refractivity contribution < 1.29 is 33.3 Å². The van der Waals surface area contributed by atoms with Gasteiger partial charge >= 0.3 is 11.9 Å². The van der Waals surface area contributed by atoms with E-state index in [1.807, 2.05) is 6.92 Å². The van der Waals surface area contributed by atoms with Gasteiger partial charge in [0.15, 0.2) is 5.72 Å². The van der Waals surface area contributed by atoms with Crippen LogP contribution in [0.4, 0.5) is 0 Å². The van der Waals surface area contributed by atoms with Crippen molar-refractivity contribution >= 4 is 11.9 Å². The van der Waals surface area contributed by atoms with Crippen molar-refractivity contribution in [3.63, 3.8) is 0 Å². The van der Waals surface area contributed by atoms with Crippen LogP contribution in [-0.2, 0) is 33.3 Å². The molecule has 0 aromatic carbocycles. The third-order valence-electron chi connectivity index (χ3n) is 4.41. The molecule has 0 atom stereocenters. The van der Waals surface area contributed by atoms with Gasteiger partial charge in [-0.05, 0) is 14.0 Å². The third-order valence-corrected chi connectivity index (χ3v) is 4.41. The molecular formula is C24H39NO7. The fraction of sp³-hybridized carbons (Fsp3) is 0.583. The van der Waals surface area contributed by atoms with Gasteiger partial charge in [0.25, 0.3) is 0 Å². The second kappa shape index (κ2) is 17.3. The van der Waals surface area contributed by atoms with Gasteiger partial charge in [-0.2, -0.15) is 0 Å². The highest BCUT2D eigenvalue weighted by Crippen LogP contribution is 2.21. The summed E-state index contributed by atoms with van der Waals surface area (Å²) in [6.07, 6.45) is 8.69. The summed E-state index contributed by atoms with van der Waals surface area (Å²) in [5.41, 5.74) is -1.53. The quantitative estimate of drug-likeness (QED) is 0.123. The Balaban J connectivity index is 3.93. The summed E-state index contributed by atoms with van der Waals surface area (Å²) in [7, 11) is 1.71. The summed E-state index contributed by atoms with van der Waals surface area (Å²) >= 11 is 0. The first-order valence-corrected chi connectivity index (χ1v) is 10.6. The maximum absolute atomic E-state index is 12.0. The number of rotatable bonds is 21. The van der Waals surface area contributed by atoms with Crippen LogP contribution in [0.2, 0.25) is 0 Å². The molecule has 0 unspecified atom stereocenters. The summed E-state index contributed by atoms with van der Waals surface area (Å²) in [4.78, 5) is 23.9. The molecule has 0 spiro atoms. The number of ether oxygens (including phenoxy) is 5. The molecule has 0 aliphatic rings. The lowest BCUT2D eigenvalue weighted by Gasteiger charge is -2.31. The van der Waals surface area contributed by atoms with Crippen molar-refractivity contribution in [1.82, 2.24) is 5.32 Å². The topological polar surface area (TPSA) is 92.3 Å². The third kappa shape index (κ3) is 13.2. The van der Waals surface area contributed by atoms with E-state index in [2.05, 4.69) is 31.6 Å². The molecule has 0 radical (unpaired) electrons. The monoisotopic (exact) mass is 453 g/mol. The van der Waals surface area contributed by atoms with E-state index in [0.717, 1.165) is 0 Å². The molecule has 0 bridgehead atoms. The molecule has 0 heterocycles. The summed E-state index contributed by atoms with van der Waals surface area (Å²) < 4.78 is 26.8. The van der Waals surface area contributed by atoms with Crippen LogP contribution in [0, 0.1) is 0 Å². The first-order chi connectivity index (χ1) is 15.3. The molecule has 0 saturated carbocycles. The van der Waals surface area contributed by atoms with E-state index in [0.29, 0.717) is 25.7 Å². The summed E-state index contributed by atoms with van der Waals surface area (Å²) in [5.74, 6) is -0.951. The average Bonchev–Trinajstić information content (AvgIpc) is 2.73. The van der Waals surface area contributed by atoms with Crippen LogP contribution in [0.5, 0.6) is 0 Å². The summed E-state index contributed by atoms with van der Waals surface area (Å²) in [6, 6.07) is 0. The van der Waals surface area contributed by atoms with E-state index in [1.165, 1.54) is 0 Å². The van der Waals surface area contributed by atoms with Gasteiger partial charge in [-0.25, -0.2) is 9.59 Å². The number of hydrogen-bond donors (Lipinski definition) is 1. The maximum atomic E-state index is 12.0. The Labute approximate surface area is 192 Å². The molecule has 0 fully saturated rings. The molecule has 8 heteroatoms. The zero-order valence-corrected chi connectivity index (χ0v) is 19.6. The predicted octanol–water partition coefficient (Wildman–Crippen LogP) is 3.10. The highest BCUT2D eigenvalue weighted by molar-refractivity contribution is 5.71. The molecule has 0 aromatic rings. The van der Waals surface area contributed by atoms with Crippen molar-refractivity contribution in [3.05, 3.63) is 50.6 Å². The fourth-order valence-corrected chi connectivity index (χ4v) is 2.87. The molecule has 32 heavy (non-hydrogen) atoms. The Kier molecular flexibility index (Phi) is 16.1. The minimum absolute atomic E-state index is 0.168. The Morgan fingerprint density at radius 1 is 0.719 bits per heavy atom. The lowest BCUT2D eigenvalue weighted by atomic mass is 9.98. The van der Waals surface area contributed by atoms with E-state index in [4.69, 9.17) is 23.7 Å². The van der Waals surface area contributed by atoms with E-state index >= 15 is 0 Å². The first-order valence-electron chi connectivity index (χ1n) is 10.6. The van der Waals surface area contributed by atoms with Gasteiger partial charge < -0.3 is 23.7 Å². The number of hydrogen-bond acceptors (Lipinski definition) is 8. The molecule has 182 valence electrons. The van der Waals surface area contributed by atoms with Gasteiger partial charge in [0.2, 0.25) is 0 Å². The number of carbonyl (C=O) groups is 2. The molecule has 0 aliphatic heterocycles. The van der Waals surface area contributed by atoms with E-state index < -0.39 is 23.3 Å². The lowest BCUT2D eigenvalue weighted by molar-refractivity contribution is -0.168. The summed E-state index contributed by atoms with van der Waals surface area (Å²) in [6.45, 7) is 17.2. The van der Waals surface area contributed by atoms with Crippen molar-refractivity contribution in [2.24, 2.45) is 0 Å². The second-order valence-electron chi connectivity index (χ2n) is 7.33. The van der Waals surface area contributed by atoms with Gasteiger partial charge in [0.05, 0.1) is 26.4 Å². The lowest BCUT2D eigenvalue weighted by Crippen LogP contribution is -2.47. The molecule has 0 saturated heterocycles. The van der Waals surface area contributed by atoms with Crippen molar-refractivity contribution in [1.29, 1.82) is 0 Å². The largest absolute Gasteiger partial charge is 0.457 e. The van der Waals surface area contributed by atoms with Crippen molar-refractivity contribution in [2.45, 2.75) is 43.9 Å². The average molecular weight is 454 g/mol. The fourth-order valence-electron chi connectivity index (χ4n) is 2.87. The Morgan fingerprint density at radius 2 is 1.12 bits per heavy atom. The van der Waals surface area contributed by atoms with Crippen molar-refractivity contribution in [3.8, 4) is 0 Å². The van der Waals surface area contributed by atoms with Gasteiger partial charge in [0.1, 0.15) is 18.8 Å². The predicted molar refractivity (Wildman–Crippen MR) is 124 cm³/mol. The van der Waals surface area contributed by atoms with Crippen LogP contribution in [0.3, 0.4) is 0 Å². The number of nitrogens with one attached hydrogen (secondary N) is 1. The van der Waals surface area contributed by atoms with E-state index in [-0.39, 0.29) is 39.6 Å². The molecule has 8 nitrogen and oxygen atoms in total. The minimum atomic E-state index is -0.867. The highest BCUT2D eigenvalue weighted by atomic mass is 16.6. The zero-order chi connectivity index (χ0) is 24.3. The Hall–Kier alpha value is -2.26. The smallest absolute Gasteiger partial charge is 0.333 e. The van der Waals surface area contributed by atoms with Crippen LogP contribution in [0.1, 0.15) is 32.6 Å². The Bertz CT molecular complexity index is 583. The maximum Gasteiger partial charge on any atom is 0.333 e. The molecule has 1 N–H and O–H groups in total. The van der Waals surface area contributed by atoms with Gasteiger partial charge in [-0.3, -0.25) is 5.32 Å². The molecule has 0 aromatic heterocycles. The molecule has 0 rings (SSSR count). The molecule has 0 amide bonds. The zero-order valence-electron chi connectivity index (χ0n) is 19.6. The standard InChI is InChI=1S/C24H39NO7/c1-7-11-23(5,12-8-2)31-21(26)19-29-17-15-28-16-18-30-20-22(27)32-24(25-6,13-9-3)14-10-4/h7-10,25H,1-4,11-20H2,5-6H3. The van der Waals surface area contributed by atoms with Gasteiger partial charge in [0, 0.05) is 25.7 Å². The SMILES string of the molecule is C=CCC(C)(CC=C)OC(=O)COCCOCCOCC(=O)OC(CC=C)(CC=C)NC. The summed E-state index contributed by atoms with van der Waals surface area (Å²) in [5, 5.41) is 2.99. The van der Waals surface area contributed by atoms with Crippen LogP contribution in [0.15, 0.2) is 50.6 Å². The number of carbonyl (C=O) groups excluding carboxylic acids is 2. The van der Waals surface area contributed by atoms with Gasteiger partial charge in [-0.1, -0.05) is 24.3 Å². The Morgan fingerprint density at radius 3 is 1.53 bits per heavy atom. The van der Waals surface area contributed by atoms with Crippen molar-refractivity contribution in [2.75, 3.05) is 46.7 Å². The van der Waals surface area contributed by atoms with Crippen LogP contribution in [0.25, 0.3) is 0 Å². The van der Waals surface area contributed by atoms with Gasteiger partial charge in [-0.15, -0.1) is 26.3 Å². The second-order valence-corrected chi connectivity index (χ2v) is 7.33. The van der Waals surface area contributed by atoms with E-state index in [1.54, 1.807) is 31.4 Å². The van der Waals surface area contributed by atoms with Crippen LogP contribution in [-0.4, -0.2) is 70.0 Å². The minimum Gasteiger partial charge on any atom is -0.457 e.